The molecule has 2 rings (SSSR count). The van der Waals surface area contributed by atoms with Crippen molar-refractivity contribution in [3.05, 3.63) is 0 Å². The second-order valence-corrected chi connectivity index (χ2v) is 6.27. The van der Waals surface area contributed by atoms with Gasteiger partial charge in [0.25, 0.3) is 0 Å². The topological polar surface area (TPSA) is 52.9 Å². The maximum Gasteiger partial charge on any atom is 0.0932 e. The molecule has 1 aliphatic carbocycles. The largest absolute Gasteiger partial charge is 0.396 e. The van der Waals surface area contributed by atoms with Crippen LogP contribution in [0.5, 0.6) is 0 Å². The van der Waals surface area contributed by atoms with Crippen LogP contribution in [0.15, 0.2) is 0 Å². The van der Waals surface area contributed by atoms with E-state index in [2.05, 4.69) is 11.8 Å². The first kappa shape index (κ1) is 14.3. The Morgan fingerprint density at radius 2 is 2.22 bits per heavy atom. The van der Waals surface area contributed by atoms with E-state index in [-0.39, 0.29) is 18.1 Å². The molecule has 0 bridgehead atoms. The SMILES string of the molecule is CC1CCCC(CO)(CN2CCOC(CO)C2)C1. The highest BCUT2D eigenvalue weighted by Gasteiger charge is 2.37. The monoisotopic (exact) mass is 257 g/mol. The number of ether oxygens (including phenoxy) is 1. The van der Waals surface area contributed by atoms with Crippen LogP contribution < -0.4 is 0 Å². The van der Waals surface area contributed by atoms with Crippen LogP contribution in [0.1, 0.15) is 32.6 Å². The standard InChI is InChI=1S/C14H27NO3/c1-12-3-2-4-14(7-12,11-17)10-15-5-6-18-13(8-15)9-16/h12-13,16-17H,2-11H2,1H3. The van der Waals surface area contributed by atoms with Gasteiger partial charge in [0.1, 0.15) is 0 Å². The van der Waals surface area contributed by atoms with E-state index >= 15 is 0 Å². The van der Waals surface area contributed by atoms with Gasteiger partial charge in [-0.3, -0.25) is 4.90 Å². The lowest BCUT2D eigenvalue weighted by Crippen LogP contribution is -2.50. The quantitative estimate of drug-likeness (QED) is 0.784. The molecule has 1 aliphatic heterocycles. The van der Waals surface area contributed by atoms with Crippen LogP contribution in [0.4, 0.5) is 0 Å². The van der Waals surface area contributed by atoms with E-state index in [9.17, 15) is 10.2 Å². The Hall–Kier alpha value is -0.160. The molecule has 2 N–H and O–H groups in total. The minimum absolute atomic E-state index is 0.0458. The van der Waals surface area contributed by atoms with Crippen LogP contribution in [0.3, 0.4) is 0 Å². The highest BCUT2D eigenvalue weighted by Crippen LogP contribution is 2.39. The Morgan fingerprint density at radius 3 is 2.89 bits per heavy atom. The third-order valence-corrected chi connectivity index (χ3v) is 4.51. The summed E-state index contributed by atoms with van der Waals surface area (Å²) in [6.07, 6.45) is 4.75. The lowest BCUT2D eigenvalue weighted by Gasteiger charge is -2.44. The highest BCUT2D eigenvalue weighted by atomic mass is 16.5. The molecule has 0 spiro atoms. The van der Waals surface area contributed by atoms with Gasteiger partial charge in [-0.1, -0.05) is 19.8 Å². The molecule has 0 aromatic heterocycles. The lowest BCUT2D eigenvalue weighted by atomic mass is 9.70. The molecule has 18 heavy (non-hydrogen) atoms. The average molecular weight is 257 g/mol. The fourth-order valence-electron chi connectivity index (χ4n) is 3.61. The molecule has 0 radical (unpaired) electrons. The van der Waals surface area contributed by atoms with E-state index in [4.69, 9.17) is 4.74 Å². The predicted octanol–water partition coefficient (Wildman–Crippen LogP) is 0.868. The molecule has 1 saturated carbocycles. The third-order valence-electron chi connectivity index (χ3n) is 4.51. The van der Waals surface area contributed by atoms with E-state index < -0.39 is 0 Å². The first-order valence-electron chi connectivity index (χ1n) is 7.23. The maximum atomic E-state index is 9.81. The third kappa shape index (κ3) is 3.44. The molecule has 0 aromatic rings. The van der Waals surface area contributed by atoms with E-state index in [0.29, 0.717) is 13.2 Å². The normalized spacial score (nSPS) is 38.8. The number of aliphatic hydroxyl groups excluding tert-OH is 2. The van der Waals surface area contributed by atoms with Gasteiger partial charge in [-0.05, 0) is 18.8 Å². The fourth-order valence-corrected chi connectivity index (χ4v) is 3.61. The van der Waals surface area contributed by atoms with Crippen molar-refractivity contribution < 1.29 is 14.9 Å². The molecule has 0 amide bonds. The summed E-state index contributed by atoms with van der Waals surface area (Å²) in [6.45, 7) is 6.05. The summed E-state index contributed by atoms with van der Waals surface area (Å²) < 4.78 is 5.48. The van der Waals surface area contributed by atoms with Gasteiger partial charge in [-0.25, -0.2) is 0 Å². The molecule has 4 heteroatoms. The maximum absolute atomic E-state index is 9.81. The van der Waals surface area contributed by atoms with E-state index in [1.54, 1.807) is 0 Å². The van der Waals surface area contributed by atoms with Crippen LogP contribution in [-0.4, -0.2) is 60.7 Å². The van der Waals surface area contributed by atoms with Crippen LogP contribution in [0, 0.1) is 11.3 Å². The van der Waals surface area contributed by atoms with Crippen LogP contribution in [0.2, 0.25) is 0 Å². The molecule has 106 valence electrons. The van der Waals surface area contributed by atoms with Crippen molar-refractivity contribution in [2.45, 2.75) is 38.7 Å². The van der Waals surface area contributed by atoms with Gasteiger partial charge in [0.2, 0.25) is 0 Å². The van der Waals surface area contributed by atoms with Crippen molar-refractivity contribution in [2.75, 3.05) is 39.5 Å². The molecular formula is C14H27NO3. The van der Waals surface area contributed by atoms with E-state index in [0.717, 1.165) is 38.4 Å². The Morgan fingerprint density at radius 1 is 1.39 bits per heavy atom. The summed E-state index contributed by atoms with van der Waals surface area (Å²) in [4.78, 5) is 2.36. The van der Waals surface area contributed by atoms with Crippen LogP contribution in [0.25, 0.3) is 0 Å². The minimum Gasteiger partial charge on any atom is -0.396 e. The highest BCUT2D eigenvalue weighted by molar-refractivity contribution is 4.88. The zero-order valence-corrected chi connectivity index (χ0v) is 11.5. The van der Waals surface area contributed by atoms with Gasteiger partial charge in [0.15, 0.2) is 0 Å². The van der Waals surface area contributed by atoms with Gasteiger partial charge in [-0.2, -0.15) is 0 Å². The molecule has 1 heterocycles. The van der Waals surface area contributed by atoms with Crippen molar-refractivity contribution in [3.63, 3.8) is 0 Å². The van der Waals surface area contributed by atoms with Crippen molar-refractivity contribution in [3.8, 4) is 0 Å². The molecular weight excluding hydrogens is 230 g/mol. The van der Waals surface area contributed by atoms with E-state index in [1.807, 2.05) is 0 Å². The molecule has 3 atom stereocenters. The number of aliphatic hydroxyl groups is 2. The molecule has 4 nitrogen and oxygen atoms in total. The number of hydrogen-bond donors (Lipinski definition) is 2. The first-order chi connectivity index (χ1) is 8.67. The number of morpholine rings is 1. The Bertz CT molecular complexity index is 261. The van der Waals surface area contributed by atoms with Gasteiger partial charge in [-0.15, -0.1) is 0 Å². The number of nitrogens with zero attached hydrogens (tertiary/aromatic N) is 1. The zero-order valence-electron chi connectivity index (χ0n) is 11.5. The Labute approximate surface area is 110 Å². The van der Waals surface area contributed by atoms with Crippen LogP contribution >= 0.6 is 0 Å². The van der Waals surface area contributed by atoms with Crippen molar-refractivity contribution in [2.24, 2.45) is 11.3 Å². The molecule has 2 aliphatic rings. The summed E-state index contributed by atoms with van der Waals surface area (Å²) in [5.74, 6) is 0.723. The fraction of sp³-hybridized carbons (Fsp3) is 1.00. The van der Waals surface area contributed by atoms with Crippen molar-refractivity contribution in [1.29, 1.82) is 0 Å². The van der Waals surface area contributed by atoms with E-state index in [1.165, 1.54) is 12.8 Å². The Balaban J connectivity index is 1.92. The van der Waals surface area contributed by atoms with Crippen molar-refractivity contribution >= 4 is 0 Å². The lowest BCUT2D eigenvalue weighted by molar-refractivity contribution is -0.0735. The van der Waals surface area contributed by atoms with Gasteiger partial charge in [0, 0.05) is 31.7 Å². The van der Waals surface area contributed by atoms with Crippen LogP contribution in [-0.2, 0) is 4.74 Å². The van der Waals surface area contributed by atoms with Gasteiger partial charge >= 0.3 is 0 Å². The summed E-state index contributed by atoms with van der Waals surface area (Å²) >= 11 is 0. The second kappa shape index (κ2) is 6.33. The summed E-state index contributed by atoms with van der Waals surface area (Å²) in [6, 6.07) is 0. The predicted molar refractivity (Wildman–Crippen MR) is 70.4 cm³/mol. The zero-order chi connectivity index (χ0) is 13.0. The minimum atomic E-state index is -0.0458. The smallest absolute Gasteiger partial charge is 0.0932 e. The average Bonchev–Trinajstić information content (AvgIpc) is 2.39. The summed E-state index contributed by atoms with van der Waals surface area (Å²) in [7, 11) is 0. The first-order valence-corrected chi connectivity index (χ1v) is 7.23. The number of hydrogen-bond acceptors (Lipinski definition) is 4. The second-order valence-electron chi connectivity index (χ2n) is 6.27. The molecule has 1 saturated heterocycles. The van der Waals surface area contributed by atoms with Gasteiger partial charge in [0.05, 0.1) is 19.3 Å². The Kier molecular flexibility index (Phi) is 5.01. The van der Waals surface area contributed by atoms with Crippen molar-refractivity contribution in [1.82, 2.24) is 4.90 Å². The summed E-state index contributed by atoms with van der Waals surface area (Å²) in [5.41, 5.74) is 0.0784. The van der Waals surface area contributed by atoms with Gasteiger partial charge < -0.3 is 14.9 Å². The number of rotatable bonds is 4. The molecule has 0 aromatic carbocycles. The molecule has 3 unspecified atom stereocenters. The summed E-state index contributed by atoms with van der Waals surface area (Å²) in [5, 5.41) is 19.0. The molecule has 2 fully saturated rings.